The molecule has 0 saturated carbocycles. The first-order valence-electron chi connectivity index (χ1n) is 6.99. The molecule has 2 bridgehead atoms. The predicted octanol–water partition coefficient (Wildman–Crippen LogP) is 0.287. The summed E-state index contributed by atoms with van der Waals surface area (Å²) in [6.45, 7) is 4.28. The average molecular weight is 248 g/mol. The van der Waals surface area contributed by atoms with Crippen LogP contribution in [0.4, 0.5) is 0 Å². The number of nitrogens with one attached hydrogen (secondary N) is 2. The molecule has 2 saturated heterocycles. The summed E-state index contributed by atoms with van der Waals surface area (Å²) >= 11 is 0. The normalized spacial score (nSPS) is 35.7. The van der Waals surface area contributed by atoms with Gasteiger partial charge in [0.25, 0.3) is 0 Å². The van der Waals surface area contributed by atoms with Crippen molar-refractivity contribution in [3.8, 4) is 0 Å². The number of aromatic nitrogens is 2. The molecule has 1 aromatic heterocycles. The monoisotopic (exact) mass is 248 g/mol. The van der Waals surface area contributed by atoms with Gasteiger partial charge in [-0.3, -0.25) is 4.90 Å². The van der Waals surface area contributed by atoms with E-state index in [1.54, 1.807) is 0 Å². The predicted molar refractivity (Wildman–Crippen MR) is 67.3 cm³/mol. The zero-order valence-electron chi connectivity index (χ0n) is 10.6. The molecule has 0 radical (unpaired) electrons. The summed E-state index contributed by atoms with van der Waals surface area (Å²) in [6, 6.07) is 0.540. The van der Waals surface area contributed by atoms with E-state index >= 15 is 0 Å². The minimum Gasteiger partial charge on any atom is -0.372 e. The lowest BCUT2D eigenvalue weighted by Gasteiger charge is -2.35. The smallest absolute Gasteiger partial charge is 0.0925 e. The number of hydrogen-bond donors (Lipinski definition) is 2. The third-order valence-electron chi connectivity index (χ3n) is 4.41. The van der Waals surface area contributed by atoms with E-state index in [1.165, 1.54) is 24.2 Å². The van der Waals surface area contributed by atoms with E-state index in [0.717, 1.165) is 32.6 Å². The van der Waals surface area contributed by atoms with Crippen molar-refractivity contribution < 1.29 is 4.74 Å². The Morgan fingerprint density at radius 1 is 1.33 bits per heavy atom. The quantitative estimate of drug-likeness (QED) is 0.790. The van der Waals surface area contributed by atoms with Crippen molar-refractivity contribution >= 4 is 0 Å². The lowest BCUT2D eigenvalue weighted by atomic mass is 10.0. The first kappa shape index (κ1) is 11.0. The van der Waals surface area contributed by atoms with Crippen LogP contribution in [-0.4, -0.2) is 52.8 Å². The molecule has 5 heteroatoms. The molecule has 2 N–H and O–H groups in total. The Labute approximate surface area is 107 Å². The number of rotatable bonds is 2. The van der Waals surface area contributed by atoms with Crippen molar-refractivity contribution in [3.05, 3.63) is 17.7 Å². The molecule has 0 aromatic carbocycles. The number of H-pyrrole nitrogens is 1. The highest BCUT2D eigenvalue weighted by Gasteiger charge is 2.34. The van der Waals surface area contributed by atoms with Gasteiger partial charge in [-0.15, -0.1) is 0 Å². The van der Waals surface area contributed by atoms with Gasteiger partial charge in [0.2, 0.25) is 0 Å². The van der Waals surface area contributed by atoms with E-state index in [2.05, 4.69) is 20.2 Å². The number of imidazole rings is 1. The summed E-state index contributed by atoms with van der Waals surface area (Å²) in [6.07, 6.45) is 6.35. The Morgan fingerprint density at radius 3 is 3.00 bits per heavy atom. The number of hydrogen-bond acceptors (Lipinski definition) is 4. The number of morpholine rings is 1. The summed E-state index contributed by atoms with van der Waals surface area (Å²) in [5, 5.41) is 3.61. The van der Waals surface area contributed by atoms with Crippen molar-refractivity contribution in [2.24, 2.45) is 0 Å². The molecule has 1 aromatic rings. The fourth-order valence-electron chi connectivity index (χ4n) is 3.52. The fraction of sp³-hybridized carbons (Fsp3) is 0.769. The number of likely N-dealkylation sites (tertiary alicyclic amines) is 1. The third-order valence-corrected chi connectivity index (χ3v) is 4.41. The van der Waals surface area contributed by atoms with Gasteiger partial charge in [-0.2, -0.15) is 0 Å². The van der Waals surface area contributed by atoms with Gasteiger partial charge in [0.1, 0.15) is 0 Å². The lowest BCUT2D eigenvalue weighted by molar-refractivity contribution is -0.0408. The molecule has 2 fully saturated rings. The van der Waals surface area contributed by atoms with Crippen LogP contribution in [0.25, 0.3) is 0 Å². The molecule has 3 atom stereocenters. The summed E-state index contributed by atoms with van der Waals surface area (Å²) < 4.78 is 5.88. The number of nitrogens with zero attached hydrogens (tertiary/aromatic N) is 2. The largest absolute Gasteiger partial charge is 0.372 e. The highest BCUT2D eigenvalue weighted by Crippen LogP contribution is 2.26. The van der Waals surface area contributed by atoms with Crippen LogP contribution in [0.15, 0.2) is 6.33 Å². The van der Waals surface area contributed by atoms with Gasteiger partial charge < -0.3 is 15.0 Å². The van der Waals surface area contributed by atoms with E-state index in [0.29, 0.717) is 18.2 Å². The first-order chi connectivity index (χ1) is 8.87. The van der Waals surface area contributed by atoms with E-state index in [1.807, 2.05) is 6.33 Å². The standard InChI is InChI=1S/C13H20N4O/c1-2-11-7-17(6-10(1)18-11)5-9-3-12-13(4-14-9)16-8-15-12/h8-11,14H,1-7H2,(H,15,16). The highest BCUT2D eigenvalue weighted by molar-refractivity contribution is 5.16. The zero-order valence-corrected chi connectivity index (χ0v) is 10.6. The highest BCUT2D eigenvalue weighted by atomic mass is 16.5. The fourth-order valence-corrected chi connectivity index (χ4v) is 3.52. The lowest BCUT2D eigenvalue weighted by Crippen LogP contribution is -2.50. The van der Waals surface area contributed by atoms with E-state index in [4.69, 9.17) is 4.74 Å². The summed E-state index contributed by atoms with van der Waals surface area (Å²) in [7, 11) is 0. The summed E-state index contributed by atoms with van der Waals surface area (Å²) in [5.41, 5.74) is 2.50. The van der Waals surface area contributed by atoms with Gasteiger partial charge in [0.15, 0.2) is 0 Å². The van der Waals surface area contributed by atoms with Gasteiger partial charge in [-0.1, -0.05) is 0 Å². The Morgan fingerprint density at radius 2 is 2.17 bits per heavy atom. The molecule has 3 unspecified atom stereocenters. The number of aromatic amines is 1. The van der Waals surface area contributed by atoms with Crippen LogP contribution in [0.3, 0.4) is 0 Å². The van der Waals surface area contributed by atoms with Crippen molar-refractivity contribution in [3.63, 3.8) is 0 Å². The maximum absolute atomic E-state index is 5.88. The topological polar surface area (TPSA) is 53.2 Å². The van der Waals surface area contributed by atoms with Crippen LogP contribution in [-0.2, 0) is 17.7 Å². The summed E-state index contributed by atoms with van der Waals surface area (Å²) in [5.74, 6) is 0. The van der Waals surface area contributed by atoms with Crippen molar-refractivity contribution in [2.45, 2.75) is 44.1 Å². The van der Waals surface area contributed by atoms with Gasteiger partial charge in [-0.05, 0) is 12.8 Å². The van der Waals surface area contributed by atoms with E-state index in [-0.39, 0.29) is 0 Å². The van der Waals surface area contributed by atoms with Crippen LogP contribution in [0, 0.1) is 0 Å². The second-order valence-corrected chi connectivity index (χ2v) is 5.79. The second-order valence-electron chi connectivity index (χ2n) is 5.79. The molecule has 3 aliphatic rings. The van der Waals surface area contributed by atoms with E-state index < -0.39 is 0 Å². The van der Waals surface area contributed by atoms with Gasteiger partial charge in [0, 0.05) is 38.6 Å². The van der Waals surface area contributed by atoms with Crippen LogP contribution in [0.5, 0.6) is 0 Å². The molecule has 98 valence electrons. The van der Waals surface area contributed by atoms with Crippen molar-refractivity contribution in [1.29, 1.82) is 0 Å². The molecule has 0 aliphatic carbocycles. The summed E-state index contributed by atoms with van der Waals surface area (Å²) in [4.78, 5) is 10.2. The Hall–Kier alpha value is -0.910. The van der Waals surface area contributed by atoms with Crippen molar-refractivity contribution in [1.82, 2.24) is 20.2 Å². The number of fused-ring (bicyclic) bond motifs is 3. The molecule has 0 amide bonds. The van der Waals surface area contributed by atoms with Gasteiger partial charge >= 0.3 is 0 Å². The van der Waals surface area contributed by atoms with E-state index in [9.17, 15) is 0 Å². The second kappa shape index (κ2) is 4.33. The Balaban J connectivity index is 1.38. The SMILES string of the molecule is c1nc2c([nH]1)CNC(CN1CC3CCC(C1)O3)C2. The van der Waals surface area contributed by atoms with Crippen LogP contribution in [0.1, 0.15) is 24.2 Å². The zero-order chi connectivity index (χ0) is 11.9. The van der Waals surface area contributed by atoms with Crippen LogP contribution < -0.4 is 5.32 Å². The molecule has 4 heterocycles. The Kier molecular flexibility index (Phi) is 2.64. The maximum atomic E-state index is 5.88. The van der Waals surface area contributed by atoms with Gasteiger partial charge in [-0.25, -0.2) is 4.98 Å². The number of ether oxygens (including phenoxy) is 1. The minimum atomic E-state index is 0.494. The molecular formula is C13H20N4O. The maximum Gasteiger partial charge on any atom is 0.0925 e. The molecule has 0 spiro atoms. The Bertz CT molecular complexity index is 420. The first-order valence-corrected chi connectivity index (χ1v) is 6.99. The molecule has 4 rings (SSSR count). The average Bonchev–Trinajstić information content (AvgIpc) is 2.95. The van der Waals surface area contributed by atoms with Crippen LogP contribution in [0.2, 0.25) is 0 Å². The molecule has 5 nitrogen and oxygen atoms in total. The van der Waals surface area contributed by atoms with Crippen molar-refractivity contribution in [2.75, 3.05) is 19.6 Å². The van der Waals surface area contributed by atoms with Gasteiger partial charge in [0.05, 0.1) is 29.9 Å². The minimum absolute atomic E-state index is 0.494. The van der Waals surface area contributed by atoms with Crippen LogP contribution >= 0.6 is 0 Å². The molecule has 3 aliphatic heterocycles. The third kappa shape index (κ3) is 1.96. The molecular weight excluding hydrogens is 228 g/mol. The molecule has 18 heavy (non-hydrogen) atoms.